The molecule has 0 unspecified atom stereocenters. The third-order valence-electron chi connectivity index (χ3n) is 2.48. The lowest BCUT2D eigenvalue weighted by Crippen LogP contribution is -2.26. The number of nitrogens with two attached hydrogens (primary N) is 1. The first-order valence-electron chi connectivity index (χ1n) is 5.62. The molecule has 5 nitrogen and oxygen atoms in total. The molecule has 0 aliphatic rings. The van der Waals surface area contributed by atoms with Crippen molar-refractivity contribution in [3.8, 4) is 0 Å². The van der Waals surface area contributed by atoms with Crippen molar-refractivity contribution in [1.82, 2.24) is 10.3 Å². The van der Waals surface area contributed by atoms with Crippen LogP contribution in [0.25, 0.3) is 0 Å². The minimum absolute atomic E-state index is 0.198. The molecule has 0 radical (unpaired) electrons. The third-order valence-corrected chi connectivity index (χ3v) is 3.41. The Kier molecular flexibility index (Phi) is 4.73. The van der Waals surface area contributed by atoms with Gasteiger partial charge in [0.25, 0.3) is 5.91 Å². The molecule has 2 aromatic rings. The smallest absolute Gasteiger partial charge is 0.251 e. The predicted molar refractivity (Wildman–Crippen MR) is 77.4 cm³/mol. The second kappa shape index (κ2) is 6.51. The van der Waals surface area contributed by atoms with Gasteiger partial charge >= 0.3 is 0 Å². The van der Waals surface area contributed by atoms with Crippen LogP contribution < -0.4 is 16.6 Å². The van der Waals surface area contributed by atoms with Crippen molar-refractivity contribution in [2.24, 2.45) is 5.84 Å². The number of nitrogen functional groups attached to an aromatic ring is 1. The molecule has 0 aromatic carbocycles. The van der Waals surface area contributed by atoms with Gasteiger partial charge in [-0.1, -0.05) is 11.6 Å². The fourth-order valence-electron chi connectivity index (χ4n) is 1.56. The molecule has 7 heteroatoms. The minimum Gasteiger partial charge on any atom is -0.352 e. The molecule has 100 valence electrons. The van der Waals surface area contributed by atoms with Crippen LogP contribution in [0.1, 0.15) is 15.9 Å². The van der Waals surface area contributed by atoms with Crippen LogP contribution in [0, 0.1) is 0 Å². The predicted octanol–water partition coefficient (Wildman–Crippen LogP) is 2.05. The van der Waals surface area contributed by atoms with Crippen LogP contribution in [0.3, 0.4) is 0 Å². The Balaban J connectivity index is 1.94. The van der Waals surface area contributed by atoms with E-state index in [1.54, 1.807) is 17.4 Å². The van der Waals surface area contributed by atoms with Crippen LogP contribution in [0.5, 0.6) is 0 Å². The minimum atomic E-state index is -0.198. The Morgan fingerprint density at radius 2 is 2.32 bits per heavy atom. The number of hydrazine groups is 1. The Morgan fingerprint density at radius 1 is 1.47 bits per heavy atom. The van der Waals surface area contributed by atoms with Crippen LogP contribution in [0.4, 0.5) is 5.82 Å². The number of hydrogen-bond acceptors (Lipinski definition) is 5. The zero-order chi connectivity index (χ0) is 13.7. The molecule has 0 aliphatic heterocycles. The van der Waals surface area contributed by atoms with E-state index in [9.17, 15) is 4.79 Å². The molecule has 0 aliphatic carbocycles. The van der Waals surface area contributed by atoms with Gasteiger partial charge in [0.2, 0.25) is 0 Å². The summed E-state index contributed by atoms with van der Waals surface area (Å²) >= 11 is 7.44. The van der Waals surface area contributed by atoms with Crippen molar-refractivity contribution in [1.29, 1.82) is 0 Å². The van der Waals surface area contributed by atoms with Gasteiger partial charge in [-0.05, 0) is 40.9 Å². The third kappa shape index (κ3) is 3.92. The molecule has 2 heterocycles. The van der Waals surface area contributed by atoms with Crippen LogP contribution >= 0.6 is 22.9 Å². The summed E-state index contributed by atoms with van der Waals surface area (Å²) in [5.41, 5.74) is 4.01. The molecule has 2 rings (SSSR count). The zero-order valence-corrected chi connectivity index (χ0v) is 11.6. The molecule has 0 spiro atoms. The zero-order valence-electron chi connectivity index (χ0n) is 10.0. The van der Waals surface area contributed by atoms with Gasteiger partial charge in [0, 0.05) is 12.1 Å². The monoisotopic (exact) mass is 296 g/mol. The Labute approximate surface area is 119 Å². The molecule has 2 aromatic heterocycles. The van der Waals surface area contributed by atoms with Crippen molar-refractivity contribution in [2.45, 2.75) is 6.42 Å². The van der Waals surface area contributed by atoms with Gasteiger partial charge in [-0.2, -0.15) is 11.3 Å². The summed E-state index contributed by atoms with van der Waals surface area (Å²) in [4.78, 5) is 15.8. The highest BCUT2D eigenvalue weighted by atomic mass is 35.5. The van der Waals surface area contributed by atoms with E-state index in [-0.39, 0.29) is 11.1 Å². The average molecular weight is 297 g/mol. The lowest BCUT2D eigenvalue weighted by atomic mass is 10.2. The molecular weight excluding hydrogens is 284 g/mol. The number of carbonyl (C=O) groups excluding carboxylic acids is 1. The number of pyridine rings is 1. The Hall–Kier alpha value is -1.63. The second-order valence-corrected chi connectivity index (χ2v) is 5.01. The number of nitrogens with zero attached hydrogens (tertiary/aromatic N) is 1. The maximum atomic E-state index is 11.9. The van der Waals surface area contributed by atoms with E-state index in [1.807, 2.05) is 11.4 Å². The average Bonchev–Trinajstić information content (AvgIpc) is 2.91. The fraction of sp³-hybridized carbons (Fsp3) is 0.167. The van der Waals surface area contributed by atoms with E-state index >= 15 is 0 Å². The summed E-state index contributed by atoms with van der Waals surface area (Å²) in [7, 11) is 0. The van der Waals surface area contributed by atoms with Gasteiger partial charge < -0.3 is 10.7 Å². The molecule has 4 N–H and O–H groups in total. The molecule has 0 saturated carbocycles. The number of anilines is 1. The Morgan fingerprint density at radius 3 is 3.00 bits per heavy atom. The van der Waals surface area contributed by atoms with Crippen LogP contribution in [0.15, 0.2) is 29.0 Å². The molecule has 1 amide bonds. The molecular formula is C12H13ClN4OS. The van der Waals surface area contributed by atoms with Crippen LogP contribution in [-0.4, -0.2) is 17.4 Å². The molecule has 0 bridgehead atoms. The largest absolute Gasteiger partial charge is 0.352 e. The summed E-state index contributed by atoms with van der Waals surface area (Å²) < 4.78 is 0. The fourth-order valence-corrected chi connectivity index (χ4v) is 2.47. The van der Waals surface area contributed by atoms with Crippen molar-refractivity contribution < 1.29 is 4.79 Å². The maximum absolute atomic E-state index is 11.9. The molecule has 0 atom stereocenters. The highest BCUT2D eigenvalue weighted by Crippen LogP contribution is 2.13. The first-order chi connectivity index (χ1) is 9.19. The van der Waals surface area contributed by atoms with Gasteiger partial charge in [0.1, 0.15) is 11.0 Å². The normalized spacial score (nSPS) is 10.2. The highest BCUT2D eigenvalue weighted by molar-refractivity contribution is 7.07. The number of hydrogen-bond donors (Lipinski definition) is 3. The van der Waals surface area contributed by atoms with E-state index in [1.165, 1.54) is 11.6 Å². The second-order valence-electron chi connectivity index (χ2n) is 3.85. The number of nitrogens with one attached hydrogen (secondary N) is 2. The number of aromatic nitrogens is 1. The summed E-state index contributed by atoms with van der Waals surface area (Å²) in [5.74, 6) is 5.41. The van der Waals surface area contributed by atoms with E-state index < -0.39 is 0 Å². The Bertz CT molecular complexity index is 559. The van der Waals surface area contributed by atoms with Crippen LogP contribution in [-0.2, 0) is 6.42 Å². The topological polar surface area (TPSA) is 80.0 Å². The summed E-state index contributed by atoms with van der Waals surface area (Å²) in [5, 5.41) is 7.12. The number of amides is 1. The summed E-state index contributed by atoms with van der Waals surface area (Å²) in [6.45, 7) is 0.570. The molecule has 0 saturated heterocycles. The number of carbonyl (C=O) groups is 1. The quantitative estimate of drug-likeness (QED) is 0.448. The van der Waals surface area contributed by atoms with E-state index in [2.05, 4.69) is 21.1 Å². The van der Waals surface area contributed by atoms with Gasteiger partial charge in [0.15, 0.2) is 0 Å². The van der Waals surface area contributed by atoms with Crippen LogP contribution in [0.2, 0.25) is 5.15 Å². The maximum Gasteiger partial charge on any atom is 0.251 e. The van der Waals surface area contributed by atoms with E-state index in [0.717, 1.165) is 6.42 Å². The number of thiophene rings is 1. The number of rotatable bonds is 5. The SMILES string of the molecule is NNc1cc(C(=O)NCCc2ccsc2)cc(Cl)n1. The van der Waals surface area contributed by atoms with Gasteiger partial charge in [-0.25, -0.2) is 10.8 Å². The molecule has 0 fully saturated rings. The van der Waals surface area contributed by atoms with Crippen molar-refractivity contribution in [2.75, 3.05) is 12.0 Å². The summed E-state index contributed by atoms with van der Waals surface area (Å²) in [6, 6.07) is 5.09. The van der Waals surface area contributed by atoms with E-state index in [4.69, 9.17) is 17.4 Å². The lowest BCUT2D eigenvalue weighted by molar-refractivity contribution is 0.0954. The van der Waals surface area contributed by atoms with Crippen molar-refractivity contribution in [3.05, 3.63) is 45.2 Å². The van der Waals surface area contributed by atoms with Crippen molar-refractivity contribution >= 4 is 34.7 Å². The van der Waals surface area contributed by atoms with Crippen molar-refractivity contribution in [3.63, 3.8) is 0 Å². The van der Waals surface area contributed by atoms with Gasteiger partial charge in [-0.3, -0.25) is 4.79 Å². The van der Waals surface area contributed by atoms with Gasteiger partial charge in [0.05, 0.1) is 0 Å². The summed E-state index contributed by atoms with van der Waals surface area (Å²) in [6.07, 6.45) is 0.802. The van der Waals surface area contributed by atoms with Gasteiger partial charge in [-0.15, -0.1) is 0 Å². The lowest BCUT2D eigenvalue weighted by Gasteiger charge is -2.06. The number of halogens is 1. The van der Waals surface area contributed by atoms with E-state index in [0.29, 0.717) is 17.9 Å². The molecule has 19 heavy (non-hydrogen) atoms. The first kappa shape index (κ1) is 13.8. The first-order valence-corrected chi connectivity index (χ1v) is 6.94. The standard InChI is InChI=1S/C12H13ClN4OS/c13-10-5-9(6-11(16-10)17-14)12(18)15-3-1-8-2-4-19-7-8/h2,4-7H,1,3,14H2,(H,15,18)(H,16,17). The highest BCUT2D eigenvalue weighted by Gasteiger charge is 2.08.